The molecule has 0 saturated carbocycles. The summed E-state index contributed by atoms with van der Waals surface area (Å²) in [6, 6.07) is 2.75. The van der Waals surface area contributed by atoms with E-state index in [0.717, 1.165) is 34.3 Å². The highest BCUT2D eigenvalue weighted by molar-refractivity contribution is 9.11. The molecule has 1 aromatic rings. The fraction of sp³-hybridized carbons (Fsp3) is 0.583. The first kappa shape index (κ1) is 13.5. The second-order valence-electron chi connectivity index (χ2n) is 4.42. The summed E-state index contributed by atoms with van der Waals surface area (Å²) in [6.45, 7) is 3.23. The van der Waals surface area contributed by atoms with Crippen molar-refractivity contribution >= 4 is 31.9 Å². The smallest absolute Gasteiger partial charge is 0.0686 e. The molecule has 0 spiro atoms. The van der Waals surface area contributed by atoms with Crippen molar-refractivity contribution in [1.82, 2.24) is 15.2 Å². The van der Waals surface area contributed by atoms with Gasteiger partial charge < -0.3 is 5.32 Å². The SMILES string of the molecule is CNC1CCN(Cc2ncc(Br)cc2Br)CC1. The fourth-order valence-corrected chi connectivity index (χ4v) is 3.26. The predicted molar refractivity (Wildman–Crippen MR) is 77.0 cm³/mol. The van der Waals surface area contributed by atoms with Gasteiger partial charge in [0.05, 0.1) is 5.69 Å². The molecule has 0 aromatic carbocycles. The molecule has 3 nitrogen and oxygen atoms in total. The van der Waals surface area contributed by atoms with E-state index >= 15 is 0 Å². The van der Waals surface area contributed by atoms with Crippen molar-refractivity contribution in [2.24, 2.45) is 0 Å². The van der Waals surface area contributed by atoms with Crippen molar-refractivity contribution in [3.8, 4) is 0 Å². The molecule has 1 aliphatic heterocycles. The first-order valence-corrected chi connectivity index (χ1v) is 7.47. The van der Waals surface area contributed by atoms with Gasteiger partial charge in [-0.1, -0.05) is 0 Å². The molecule has 0 bridgehead atoms. The van der Waals surface area contributed by atoms with Crippen LogP contribution >= 0.6 is 31.9 Å². The maximum absolute atomic E-state index is 4.46. The van der Waals surface area contributed by atoms with E-state index in [9.17, 15) is 0 Å². The number of aromatic nitrogens is 1. The molecular formula is C12H17Br2N3. The Labute approximate surface area is 119 Å². The van der Waals surface area contributed by atoms with Crippen LogP contribution in [0.15, 0.2) is 21.2 Å². The number of rotatable bonds is 3. The highest BCUT2D eigenvalue weighted by Gasteiger charge is 2.18. The summed E-state index contributed by atoms with van der Waals surface area (Å²) in [5, 5.41) is 3.35. The van der Waals surface area contributed by atoms with Crippen molar-refractivity contribution < 1.29 is 0 Å². The number of likely N-dealkylation sites (tertiary alicyclic amines) is 1. The van der Waals surface area contributed by atoms with Crippen LogP contribution in [0.5, 0.6) is 0 Å². The van der Waals surface area contributed by atoms with Crippen molar-refractivity contribution in [1.29, 1.82) is 0 Å². The zero-order valence-electron chi connectivity index (χ0n) is 9.92. The van der Waals surface area contributed by atoms with E-state index in [2.05, 4.69) is 53.1 Å². The van der Waals surface area contributed by atoms with E-state index in [1.807, 2.05) is 13.2 Å². The average Bonchev–Trinajstić information content (AvgIpc) is 2.34. The van der Waals surface area contributed by atoms with Gasteiger partial charge in [0.25, 0.3) is 0 Å². The van der Waals surface area contributed by atoms with Crippen LogP contribution in [0.4, 0.5) is 0 Å². The van der Waals surface area contributed by atoms with Crippen molar-refractivity contribution in [3.63, 3.8) is 0 Å². The van der Waals surface area contributed by atoms with Crippen LogP contribution in [-0.2, 0) is 6.54 Å². The van der Waals surface area contributed by atoms with Gasteiger partial charge in [0.1, 0.15) is 0 Å². The average molecular weight is 363 g/mol. The molecule has 0 atom stereocenters. The summed E-state index contributed by atoms with van der Waals surface area (Å²) in [6.07, 6.45) is 4.32. The van der Waals surface area contributed by atoms with E-state index in [-0.39, 0.29) is 0 Å². The van der Waals surface area contributed by atoms with Gasteiger partial charge in [-0.2, -0.15) is 0 Å². The summed E-state index contributed by atoms with van der Waals surface area (Å²) in [4.78, 5) is 6.93. The van der Waals surface area contributed by atoms with Gasteiger partial charge in [-0.25, -0.2) is 0 Å². The molecule has 17 heavy (non-hydrogen) atoms. The summed E-state index contributed by atoms with van der Waals surface area (Å²) < 4.78 is 2.10. The number of piperidine rings is 1. The number of nitrogens with one attached hydrogen (secondary N) is 1. The zero-order chi connectivity index (χ0) is 12.3. The van der Waals surface area contributed by atoms with E-state index in [0.29, 0.717) is 6.04 Å². The minimum Gasteiger partial charge on any atom is -0.317 e. The lowest BCUT2D eigenvalue weighted by molar-refractivity contribution is 0.192. The van der Waals surface area contributed by atoms with Gasteiger partial charge in [-0.15, -0.1) is 0 Å². The van der Waals surface area contributed by atoms with Gasteiger partial charge in [-0.3, -0.25) is 9.88 Å². The van der Waals surface area contributed by atoms with Gasteiger partial charge in [0, 0.05) is 40.8 Å². The molecule has 0 unspecified atom stereocenters. The Morgan fingerprint density at radius 3 is 2.71 bits per heavy atom. The molecule has 1 fully saturated rings. The van der Waals surface area contributed by atoms with Crippen molar-refractivity contribution in [3.05, 3.63) is 26.9 Å². The van der Waals surface area contributed by atoms with Crippen LogP contribution in [0.2, 0.25) is 0 Å². The lowest BCUT2D eigenvalue weighted by Crippen LogP contribution is -2.40. The van der Waals surface area contributed by atoms with Crippen LogP contribution in [-0.4, -0.2) is 36.1 Å². The van der Waals surface area contributed by atoms with Gasteiger partial charge in [-0.05, 0) is 57.8 Å². The van der Waals surface area contributed by atoms with Gasteiger partial charge in [0.15, 0.2) is 0 Å². The first-order valence-electron chi connectivity index (χ1n) is 5.88. The van der Waals surface area contributed by atoms with Crippen molar-refractivity contribution in [2.75, 3.05) is 20.1 Å². The molecule has 2 heterocycles. The number of halogens is 2. The van der Waals surface area contributed by atoms with E-state index < -0.39 is 0 Å². The summed E-state index contributed by atoms with van der Waals surface area (Å²) in [7, 11) is 2.05. The zero-order valence-corrected chi connectivity index (χ0v) is 13.1. The fourth-order valence-electron chi connectivity index (χ4n) is 2.15. The molecule has 94 valence electrons. The predicted octanol–water partition coefficient (Wildman–Crippen LogP) is 2.79. The molecule has 1 saturated heterocycles. The molecule has 5 heteroatoms. The van der Waals surface area contributed by atoms with Crippen LogP contribution in [0.1, 0.15) is 18.5 Å². The largest absolute Gasteiger partial charge is 0.317 e. The topological polar surface area (TPSA) is 28.2 Å². The standard InChI is InChI=1S/C12H17Br2N3/c1-15-10-2-4-17(5-3-10)8-12-11(14)6-9(13)7-16-12/h6-7,10,15H,2-5,8H2,1H3. The number of pyridine rings is 1. The Morgan fingerprint density at radius 1 is 1.41 bits per heavy atom. The Hall–Kier alpha value is 0.0300. The van der Waals surface area contributed by atoms with E-state index in [1.54, 1.807) is 0 Å². The van der Waals surface area contributed by atoms with Gasteiger partial charge in [0.2, 0.25) is 0 Å². The van der Waals surface area contributed by atoms with Crippen LogP contribution < -0.4 is 5.32 Å². The van der Waals surface area contributed by atoms with Crippen LogP contribution in [0.25, 0.3) is 0 Å². The first-order chi connectivity index (χ1) is 8.19. The second-order valence-corrected chi connectivity index (χ2v) is 6.19. The van der Waals surface area contributed by atoms with E-state index in [1.165, 1.54) is 12.8 Å². The summed E-state index contributed by atoms with van der Waals surface area (Å²) in [5.74, 6) is 0. The van der Waals surface area contributed by atoms with Crippen LogP contribution in [0.3, 0.4) is 0 Å². The maximum atomic E-state index is 4.46. The molecule has 1 aromatic heterocycles. The molecule has 0 amide bonds. The highest BCUT2D eigenvalue weighted by atomic mass is 79.9. The minimum absolute atomic E-state index is 0.688. The Kier molecular flexibility index (Phi) is 4.97. The summed E-state index contributed by atoms with van der Waals surface area (Å²) in [5.41, 5.74) is 1.12. The number of nitrogens with zero attached hydrogens (tertiary/aromatic N) is 2. The quantitative estimate of drug-likeness (QED) is 0.896. The Morgan fingerprint density at radius 2 is 2.12 bits per heavy atom. The molecular weight excluding hydrogens is 346 g/mol. The number of hydrogen-bond donors (Lipinski definition) is 1. The maximum Gasteiger partial charge on any atom is 0.0686 e. The third-order valence-corrected chi connectivity index (χ3v) is 4.37. The minimum atomic E-state index is 0.688. The molecule has 1 aliphatic rings. The third kappa shape index (κ3) is 3.74. The second kappa shape index (κ2) is 6.27. The Balaban J connectivity index is 1.93. The molecule has 2 rings (SSSR count). The number of hydrogen-bond acceptors (Lipinski definition) is 3. The monoisotopic (exact) mass is 361 g/mol. The summed E-state index contributed by atoms with van der Waals surface area (Å²) >= 11 is 6.99. The van der Waals surface area contributed by atoms with Gasteiger partial charge >= 0.3 is 0 Å². The molecule has 0 aliphatic carbocycles. The molecule has 1 N–H and O–H groups in total. The molecule has 0 radical (unpaired) electrons. The normalized spacial score (nSPS) is 18.5. The van der Waals surface area contributed by atoms with E-state index in [4.69, 9.17) is 0 Å². The Bertz CT molecular complexity index is 376. The van der Waals surface area contributed by atoms with Crippen LogP contribution in [0, 0.1) is 0 Å². The lowest BCUT2D eigenvalue weighted by atomic mass is 10.1. The lowest BCUT2D eigenvalue weighted by Gasteiger charge is -2.31. The third-order valence-electron chi connectivity index (χ3n) is 3.25. The highest BCUT2D eigenvalue weighted by Crippen LogP contribution is 2.22. The van der Waals surface area contributed by atoms with Crippen molar-refractivity contribution in [2.45, 2.75) is 25.4 Å².